The van der Waals surface area contributed by atoms with Gasteiger partial charge in [0, 0.05) is 18.2 Å². The van der Waals surface area contributed by atoms with Gasteiger partial charge < -0.3 is 15.2 Å². The molecule has 0 aliphatic carbocycles. The van der Waals surface area contributed by atoms with Crippen molar-refractivity contribution in [3.8, 4) is 0 Å². The number of H-pyrrole nitrogens is 1. The maximum Gasteiger partial charge on any atom is 0.337 e. The van der Waals surface area contributed by atoms with Crippen LogP contribution in [0.25, 0.3) is 10.9 Å². The second-order valence-corrected chi connectivity index (χ2v) is 3.67. The SMILES string of the molecule is O=C(O)c1cccc2c(CCCO)c[nH]c12. The first-order chi connectivity index (χ1) is 7.74. The Labute approximate surface area is 92.5 Å². The van der Waals surface area contributed by atoms with E-state index in [4.69, 9.17) is 10.2 Å². The molecule has 0 bridgehead atoms. The average molecular weight is 219 g/mol. The molecule has 0 saturated heterocycles. The molecule has 16 heavy (non-hydrogen) atoms. The number of aryl methyl sites for hydroxylation is 1. The molecule has 2 rings (SSSR count). The van der Waals surface area contributed by atoms with E-state index in [1.807, 2.05) is 12.3 Å². The van der Waals surface area contributed by atoms with Crippen LogP contribution in [-0.4, -0.2) is 27.8 Å². The third-order valence-electron chi connectivity index (χ3n) is 2.64. The van der Waals surface area contributed by atoms with Crippen LogP contribution in [0.1, 0.15) is 22.3 Å². The Morgan fingerprint density at radius 1 is 1.38 bits per heavy atom. The molecule has 0 aliphatic rings. The van der Waals surface area contributed by atoms with Gasteiger partial charge in [-0.25, -0.2) is 4.79 Å². The standard InChI is InChI=1S/C12H13NO3/c14-6-2-3-8-7-13-11-9(8)4-1-5-10(11)12(15)16/h1,4-5,7,13-14H,2-3,6H2,(H,15,16). The van der Waals surface area contributed by atoms with E-state index < -0.39 is 5.97 Å². The molecule has 4 heteroatoms. The molecule has 0 amide bonds. The molecule has 2 aromatic rings. The normalized spacial score (nSPS) is 10.8. The summed E-state index contributed by atoms with van der Waals surface area (Å²) in [5.74, 6) is -0.929. The zero-order valence-electron chi connectivity index (χ0n) is 8.73. The topological polar surface area (TPSA) is 73.3 Å². The van der Waals surface area contributed by atoms with Crippen molar-refractivity contribution in [2.75, 3.05) is 6.61 Å². The first kappa shape index (κ1) is 10.7. The zero-order valence-corrected chi connectivity index (χ0v) is 8.73. The fourth-order valence-corrected chi connectivity index (χ4v) is 1.87. The van der Waals surface area contributed by atoms with Crippen molar-refractivity contribution in [2.24, 2.45) is 0 Å². The number of rotatable bonds is 4. The van der Waals surface area contributed by atoms with Crippen LogP contribution in [0.5, 0.6) is 0 Å². The maximum atomic E-state index is 11.0. The molecular weight excluding hydrogens is 206 g/mol. The van der Waals surface area contributed by atoms with Gasteiger partial charge in [0.05, 0.1) is 11.1 Å². The number of carboxylic acid groups (broad SMARTS) is 1. The highest BCUT2D eigenvalue weighted by molar-refractivity contribution is 6.02. The molecule has 3 N–H and O–H groups in total. The van der Waals surface area contributed by atoms with Crippen LogP contribution in [-0.2, 0) is 6.42 Å². The van der Waals surface area contributed by atoms with Gasteiger partial charge in [-0.05, 0) is 24.5 Å². The molecule has 84 valence electrons. The Bertz CT molecular complexity index is 516. The number of hydrogen-bond acceptors (Lipinski definition) is 2. The quantitative estimate of drug-likeness (QED) is 0.734. The summed E-state index contributed by atoms with van der Waals surface area (Å²) in [6.07, 6.45) is 3.25. The van der Waals surface area contributed by atoms with Crippen molar-refractivity contribution >= 4 is 16.9 Å². The number of fused-ring (bicyclic) bond motifs is 1. The van der Waals surface area contributed by atoms with Crippen molar-refractivity contribution in [1.29, 1.82) is 0 Å². The van der Waals surface area contributed by atoms with Gasteiger partial charge >= 0.3 is 5.97 Å². The van der Waals surface area contributed by atoms with Gasteiger partial charge in [-0.2, -0.15) is 0 Å². The fraction of sp³-hybridized carbons (Fsp3) is 0.250. The van der Waals surface area contributed by atoms with Crippen LogP contribution < -0.4 is 0 Å². The van der Waals surface area contributed by atoms with Gasteiger partial charge in [0.15, 0.2) is 0 Å². The number of nitrogens with one attached hydrogen (secondary N) is 1. The number of hydrogen-bond donors (Lipinski definition) is 3. The summed E-state index contributed by atoms with van der Waals surface area (Å²) in [6, 6.07) is 5.21. The second-order valence-electron chi connectivity index (χ2n) is 3.67. The molecule has 1 aromatic heterocycles. The van der Waals surface area contributed by atoms with E-state index in [9.17, 15) is 4.79 Å². The minimum atomic E-state index is -0.929. The lowest BCUT2D eigenvalue weighted by atomic mass is 10.1. The molecule has 0 spiro atoms. The van der Waals surface area contributed by atoms with Crippen LogP contribution >= 0.6 is 0 Å². The Hall–Kier alpha value is -1.81. The van der Waals surface area contributed by atoms with Crippen molar-refractivity contribution in [2.45, 2.75) is 12.8 Å². The largest absolute Gasteiger partial charge is 0.478 e. The minimum Gasteiger partial charge on any atom is -0.478 e. The van der Waals surface area contributed by atoms with Crippen molar-refractivity contribution in [1.82, 2.24) is 4.98 Å². The van der Waals surface area contributed by atoms with E-state index in [1.165, 1.54) is 0 Å². The Morgan fingerprint density at radius 2 is 2.19 bits per heavy atom. The Kier molecular flexibility index (Phi) is 2.92. The Balaban J connectivity index is 2.48. The van der Waals surface area contributed by atoms with Crippen LogP contribution in [0.2, 0.25) is 0 Å². The molecule has 0 fully saturated rings. The van der Waals surface area contributed by atoms with Crippen molar-refractivity contribution in [3.63, 3.8) is 0 Å². The summed E-state index contributed by atoms with van der Waals surface area (Å²) in [4.78, 5) is 14.0. The number of aromatic amines is 1. The molecule has 1 aromatic carbocycles. The number of aliphatic hydroxyl groups is 1. The third-order valence-corrected chi connectivity index (χ3v) is 2.64. The first-order valence-electron chi connectivity index (χ1n) is 5.17. The highest BCUT2D eigenvalue weighted by atomic mass is 16.4. The minimum absolute atomic E-state index is 0.144. The highest BCUT2D eigenvalue weighted by Gasteiger charge is 2.11. The van der Waals surface area contributed by atoms with E-state index in [-0.39, 0.29) is 12.2 Å². The summed E-state index contributed by atoms with van der Waals surface area (Å²) in [6.45, 7) is 0.144. The number of carboxylic acids is 1. The second kappa shape index (κ2) is 4.37. The molecule has 0 aliphatic heterocycles. The summed E-state index contributed by atoms with van der Waals surface area (Å²) < 4.78 is 0. The predicted octanol–water partition coefficient (Wildman–Crippen LogP) is 1.79. The monoisotopic (exact) mass is 219 g/mol. The smallest absolute Gasteiger partial charge is 0.337 e. The van der Waals surface area contributed by atoms with Crippen LogP contribution in [0.3, 0.4) is 0 Å². The third kappa shape index (κ3) is 1.79. The van der Waals surface area contributed by atoms with Gasteiger partial charge in [-0.15, -0.1) is 0 Å². The summed E-state index contributed by atoms with van der Waals surface area (Å²) in [5, 5.41) is 18.7. The number of benzene rings is 1. The van der Waals surface area contributed by atoms with E-state index >= 15 is 0 Å². The number of aliphatic hydroxyl groups excluding tert-OH is 1. The Morgan fingerprint density at radius 3 is 2.88 bits per heavy atom. The first-order valence-corrected chi connectivity index (χ1v) is 5.17. The zero-order chi connectivity index (χ0) is 11.5. The molecule has 0 atom stereocenters. The van der Waals surface area contributed by atoms with E-state index in [0.29, 0.717) is 11.9 Å². The summed E-state index contributed by atoms with van der Waals surface area (Å²) in [7, 11) is 0. The molecule has 1 heterocycles. The average Bonchev–Trinajstić information content (AvgIpc) is 2.69. The molecule has 4 nitrogen and oxygen atoms in total. The van der Waals surface area contributed by atoms with Crippen molar-refractivity contribution in [3.05, 3.63) is 35.5 Å². The highest BCUT2D eigenvalue weighted by Crippen LogP contribution is 2.22. The van der Waals surface area contributed by atoms with Crippen molar-refractivity contribution < 1.29 is 15.0 Å². The number of carbonyl (C=O) groups is 1. The van der Waals surface area contributed by atoms with Crippen LogP contribution in [0.4, 0.5) is 0 Å². The summed E-state index contributed by atoms with van der Waals surface area (Å²) >= 11 is 0. The molecular formula is C12H13NO3. The molecule has 0 radical (unpaired) electrons. The van der Waals surface area contributed by atoms with Gasteiger partial charge in [0.1, 0.15) is 0 Å². The fourth-order valence-electron chi connectivity index (χ4n) is 1.87. The predicted molar refractivity (Wildman–Crippen MR) is 60.7 cm³/mol. The van der Waals surface area contributed by atoms with Crippen LogP contribution in [0.15, 0.2) is 24.4 Å². The lowest BCUT2D eigenvalue weighted by molar-refractivity contribution is 0.0699. The number of para-hydroxylation sites is 1. The lowest BCUT2D eigenvalue weighted by Crippen LogP contribution is -1.96. The van der Waals surface area contributed by atoms with E-state index in [1.54, 1.807) is 12.1 Å². The van der Waals surface area contributed by atoms with E-state index in [2.05, 4.69) is 4.98 Å². The number of aromatic carboxylic acids is 1. The maximum absolute atomic E-state index is 11.0. The lowest BCUT2D eigenvalue weighted by Gasteiger charge is -1.99. The molecule has 0 saturated carbocycles. The van der Waals surface area contributed by atoms with Gasteiger partial charge in [-0.3, -0.25) is 0 Å². The number of aromatic nitrogens is 1. The summed E-state index contributed by atoms with van der Waals surface area (Å²) in [5.41, 5.74) is 1.99. The van der Waals surface area contributed by atoms with Gasteiger partial charge in [0.2, 0.25) is 0 Å². The van der Waals surface area contributed by atoms with Gasteiger partial charge in [0.25, 0.3) is 0 Å². The van der Waals surface area contributed by atoms with E-state index in [0.717, 1.165) is 17.4 Å². The van der Waals surface area contributed by atoms with Crippen LogP contribution in [0, 0.1) is 0 Å². The van der Waals surface area contributed by atoms with Gasteiger partial charge in [-0.1, -0.05) is 12.1 Å². The molecule has 0 unspecified atom stereocenters.